The molecule has 0 aliphatic carbocycles. The van der Waals surface area contributed by atoms with Crippen LogP contribution in [0.4, 0.5) is 5.69 Å². The highest BCUT2D eigenvalue weighted by molar-refractivity contribution is 5.54. The first-order valence-corrected chi connectivity index (χ1v) is 6.30. The van der Waals surface area contributed by atoms with Crippen molar-refractivity contribution < 1.29 is 4.74 Å². The highest BCUT2D eigenvalue weighted by Gasteiger charge is 2.07. The van der Waals surface area contributed by atoms with Crippen LogP contribution < -0.4 is 15.8 Å². The van der Waals surface area contributed by atoms with Gasteiger partial charge in [0.2, 0.25) is 0 Å². The molecule has 96 valence electrons. The first-order valence-electron chi connectivity index (χ1n) is 6.30. The Morgan fingerprint density at radius 1 is 1.29 bits per heavy atom. The lowest BCUT2D eigenvalue weighted by molar-refractivity contribution is 0.342. The first kappa shape index (κ1) is 13.8. The number of nitrogen functional groups attached to an aromatic ring is 1. The van der Waals surface area contributed by atoms with E-state index in [4.69, 9.17) is 10.5 Å². The Bertz CT molecular complexity index is 350. The van der Waals surface area contributed by atoms with E-state index in [0.29, 0.717) is 18.7 Å². The summed E-state index contributed by atoms with van der Waals surface area (Å²) >= 11 is 0. The van der Waals surface area contributed by atoms with E-state index in [1.54, 1.807) is 0 Å². The largest absolute Gasteiger partial charge is 0.492 e. The molecule has 1 atom stereocenters. The molecule has 0 radical (unpaired) electrons. The topological polar surface area (TPSA) is 47.3 Å². The maximum Gasteiger partial charge on any atom is 0.142 e. The van der Waals surface area contributed by atoms with Crippen molar-refractivity contribution in [2.75, 3.05) is 12.3 Å². The molecule has 3 N–H and O–H groups in total. The summed E-state index contributed by atoms with van der Waals surface area (Å²) in [5.74, 6) is 0.778. The summed E-state index contributed by atoms with van der Waals surface area (Å²) in [4.78, 5) is 0. The van der Waals surface area contributed by atoms with Gasteiger partial charge in [0, 0.05) is 12.1 Å². The summed E-state index contributed by atoms with van der Waals surface area (Å²) in [6, 6.07) is 7.00. The van der Waals surface area contributed by atoms with Gasteiger partial charge in [0.1, 0.15) is 5.75 Å². The maximum absolute atomic E-state index is 5.94. The summed E-state index contributed by atoms with van der Waals surface area (Å²) in [7, 11) is 0. The van der Waals surface area contributed by atoms with Gasteiger partial charge in [-0.15, -0.1) is 0 Å². The summed E-state index contributed by atoms with van der Waals surface area (Å²) < 4.78 is 5.42. The number of hydrogen-bond acceptors (Lipinski definition) is 3. The van der Waals surface area contributed by atoms with Crippen LogP contribution in [0.2, 0.25) is 0 Å². The molecule has 0 heterocycles. The fourth-order valence-corrected chi connectivity index (χ4v) is 1.99. The maximum atomic E-state index is 5.94. The van der Waals surface area contributed by atoms with E-state index in [-0.39, 0.29) is 0 Å². The van der Waals surface area contributed by atoms with Crippen molar-refractivity contribution in [3.8, 4) is 5.75 Å². The molecule has 1 rings (SSSR count). The molecule has 3 nitrogen and oxygen atoms in total. The molecule has 3 heteroatoms. The summed E-state index contributed by atoms with van der Waals surface area (Å²) in [6.45, 7) is 9.11. The summed E-state index contributed by atoms with van der Waals surface area (Å²) in [5.41, 5.74) is 7.90. The Morgan fingerprint density at radius 3 is 2.53 bits per heavy atom. The van der Waals surface area contributed by atoms with Crippen LogP contribution in [0.3, 0.4) is 0 Å². The van der Waals surface area contributed by atoms with Crippen LogP contribution in [0.15, 0.2) is 18.2 Å². The molecule has 0 fully saturated rings. The minimum absolute atomic E-state index is 0.451. The van der Waals surface area contributed by atoms with Crippen molar-refractivity contribution in [1.29, 1.82) is 0 Å². The monoisotopic (exact) mass is 236 g/mol. The van der Waals surface area contributed by atoms with Gasteiger partial charge in [-0.2, -0.15) is 0 Å². The van der Waals surface area contributed by atoms with Crippen molar-refractivity contribution in [2.45, 2.75) is 46.2 Å². The number of ether oxygens (including phenoxy) is 1. The first-order chi connectivity index (χ1) is 8.02. The molecular weight excluding hydrogens is 212 g/mol. The Kier molecular flexibility index (Phi) is 5.29. The number of nitrogens with one attached hydrogen (secondary N) is 1. The van der Waals surface area contributed by atoms with E-state index in [1.807, 2.05) is 19.1 Å². The number of hydrogen-bond donors (Lipinski definition) is 2. The third-order valence-electron chi connectivity index (χ3n) is 2.53. The molecule has 1 aromatic rings. The van der Waals surface area contributed by atoms with Crippen LogP contribution in [0.25, 0.3) is 0 Å². The van der Waals surface area contributed by atoms with Crippen LogP contribution in [0.5, 0.6) is 5.75 Å². The van der Waals surface area contributed by atoms with Crippen molar-refractivity contribution in [1.82, 2.24) is 5.32 Å². The zero-order valence-corrected chi connectivity index (χ0v) is 11.3. The lowest BCUT2D eigenvalue weighted by Gasteiger charge is -2.17. The number of rotatable bonds is 6. The molecule has 1 unspecified atom stereocenters. The normalized spacial score (nSPS) is 12.8. The Morgan fingerprint density at radius 2 is 2.00 bits per heavy atom. The van der Waals surface area contributed by atoms with E-state index >= 15 is 0 Å². The second-order valence-electron chi connectivity index (χ2n) is 4.73. The van der Waals surface area contributed by atoms with E-state index < -0.39 is 0 Å². The Balaban J connectivity index is 2.63. The quantitative estimate of drug-likeness (QED) is 0.746. The SMILES string of the molecule is CCOc1ccc(CC(C)NC(C)C)cc1N. The fraction of sp³-hybridized carbons (Fsp3) is 0.571. The van der Waals surface area contributed by atoms with Crippen LogP contribution in [0, 0.1) is 0 Å². The van der Waals surface area contributed by atoms with Gasteiger partial charge < -0.3 is 15.8 Å². The van der Waals surface area contributed by atoms with Gasteiger partial charge >= 0.3 is 0 Å². The van der Waals surface area contributed by atoms with Crippen molar-refractivity contribution in [2.24, 2.45) is 0 Å². The number of nitrogens with two attached hydrogens (primary N) is 1. The average molecular weight is 236 g/mol. The van der Waals surface area contributed by atoms with Gasteiger partial charge in [-0.3, -0.25) is 0 Å². The van der Waals surface area contributed by atoms with Gasteiger partial charge in [-0.25, -0.2) is 0 Å². The predicted octanol–water partition coefficient (Wildman–Crippen LogP) is 2.60. The van der Waals surface area contributed by atoms with E-state index in [2.05, 4.69) is 32.2 Å². The third kappa shape index (κ3) is 4.65. The number of anilines is 1. The second kappa shape index (κ2) is 6.50. The van der Waals surface area contributed by atoms with Gasteiger partial charge in [0.25, 0.3) is 0 Å². The highest BCUT2D eigenvalue weighted by atomic mass is 16.5. The molecule has 1 aromatic carbocycles. The molecule has 0 saturated carbocycles. The van der Waals surface area contributed by atoms with Crippen molar-refractivity contribution in [3.63, 3.8) is 0 Å². The molecule has 0 spiro atoms. The second-order valence-corrected chi connectivity index (χ2v) is 4.73. The lowest BCUT2D eigenvalue weighted by atomic mass is 10.1. The fourth-order valence-electron chi connectivity index (χ4n) is 1.99. The third-order valence-corrected chi connectivity index (χ3v) is 2.53. The molecule has 0 bridgehead atoms. The Labute approximate surface area is 104 Å². The minimum atomic E-state index is 0.451. The molecule has 0 saturated heterocycles. The number of benzene rings is 1. The summed E-state index contributed by atoms with van der Waals surface area (Å²) in [5, 5.41) is 3.48. The molecule has 0 amide bonds. The molecule has 17 heavy (non-hydrogen) atoms. The van der Waals surface area contributed by atoms with Gasteiger partial charge in [0.05, 0.1) is 12.3 Å². The predicted molar refractivity (Wildman–Crippen MR) is 73.5 cm³/mol. The lowest BCUT2D eigenvalue weighted by Crippen LogP contribution is -2.33. The standard InChI is InChI=1S/C14H24N2O/c1-5-17-14-7-6-12(9-13(14)15)8-11(4)16-10(2)3/h6-7,9-11,16H,5,8,15H2,1-4H3. The van der Waals surface area contributed by atoms with E-state index in [9.17, 15) is 0 Å². The Hall–Kier alpha value is -1.22. The van der Waals surface area contributed by atoms with Crippen molar-refractivity contribution >= 4 is 5.69 Å². The molecule has 0 aromatic heterocycles. The average Bonchev–Trinajstić information content (AvgIpc) is 2.21. The summed E-state index contributed by atoms with van der Waals surface area (Å²) in [6.07, 6.45) is 0.981. The molecule has 0 aliphatic heterocycles. The minimum Gasteiger partial charge on any atom is -0.492 e. The van der Waals surface area contributed by atoms with Gasteiger partial charge in [-0.05, 0) is 38.0 Å². The van der Waals surface area contributed by atoms with Crippen LogP contribution >= 0.6 is 0 Å². The smallest absolute Gasteiger partial charge is 0.142 e. The van der Waals surface area contributed by atoms with Crippen LogP contribution in [-0.2, 0) is 6.42 Å². The zero-order chi connectivity index (χ0) is 12.8. The molecule has 0 aliphatic rings. The van der Waals surface area contributed by atoms with Crippen LogP contribution in [-0.4, -0.2) is 18.7 Å². The zero-order valence-electron chi connectivity index (χ0n) is 11.3. The van der Waals surface area contributed by atoms with Gasteiger partial charge in [-0.1, -0.05) is 19.9 Å². The van der Waals surface area contributed by atoms with Crippen LogP contribution in [0.1, 0.15) is 33.3 Å². The van der Waals surface area contributed by atoms with E-state index in [0.717, 1.165) is 17.9 Å². The van der Waals surface area contributed by atoms with E-state index in [1.165, 1.54) is 5.56 Å². The van der Waals surface area contributed by atoms with Crippen molar-refractivity contribution in [3.05, 3.63) is 23.8 Å². The highest BCUT2D eigenvalue weighted by Crippen LogP contribution is 2.23. The molecular formula is C14H24N2O. The van der Waals surface area contributed by atoms with Gasteiger partial charge in [0.15, 0.2) is 0 Å².